The van der Waals surface area contributed by atoms with Gasteiger partial charge < -0.3 is 10.6 Å². The Morgan fingerprint density at radius 3 is 2.50 bits per heavy atom. The number of nitrogens with zero attached hydrogens (tertiary/aromatic N) is 3. The van der Waals surface area contributed by atoms with E-state index in [9.17, 15) is 4.39 Å². The van der Waals surface area contributed by atoms with Crippen molar-refractivity contribution in [2.24, 2.45) is 0 Å². The van der Waals surface area contributed by atoms with E-state index in [1.165, 1.54) is 6.07 Å². The van der Waals surface area contributed by atoms with Crippen molar-refractivity contribution in [1.82, 2.24) is 9.97 Å². The summed E-state index contributed by atoms with van der Waals surface area (Å²) in [6.45, 7) is 6.37. The Balaban J connectivity index is 2.58. The van der Waals surface area contributed by atoms with Crippen molar-refractivity contribution in [3.05, 3.63) is 41.5 Å². The second kappa shape index (κ2) is 5.86. The molecular weight excluding hydrogens is 255 g/mol. The highest BCUT2D eigenvalue weighted by Crippen LogP contribution is 2.30. The van der Waals surface area contributed by atoms with Crippen molar-refractivity contribution in [1.29, 1.82) is 0 Å². The molecule has 0 aliphatic rings. The van der Waals surface area contributed by atoms with E-state index in [2.05, 4.69) is 9.97 Å². The average Bonchev–Trinajstić information content (AvgIpc) is 2.45. The summed E-state index contributed by atoms with van der Waals surface area (Å²) in [6.07, 6.45) is 0.687. The van der Waals surface area contributed by atoms with Crippen LogP contribution in [0.1, 0.15) is 25.2 Å². The van der Waals surface area contributed by atoms with Crippen molar-refractivity contribution in [3.63, 3.8) is 0 Å². The zero-order chi connectivity index (χ0) is 14.7. The molecular formula is C15H19FN4. The minimum atomic E-state index is -0.274. The van der Waals surface area contributed by atoms with Gasteiger partial charge in [0.2, 0.25) is 0 Å². The van der Waals surface area contributed by atoms with Gasteiger partial charge in [-0.15, -0.1) is 0 Å². The van der Waals surface area contributed by atoms with Crippen LogP contribution in [0.5, 0.6) is 0 Å². The maximum absolute atomic E-state index is 14.0. The quantitative estimate of drug-likeness (QED) is 0.930. The van der Waals surface area contributed by atoms with Gasteiger partial charge in [-0.1, -0.05) is 19.1 Å². The Kier molecular flexibility index (Phi) is 4.17. The van der Waals surface area contributed by atoms with Crippen LogP contribution in [0.2, 0.25) is 0 Å². The lowest BCUT2D eigenvalue weighted by molar-refractivity contribution is 0.625. The van der Waals surface area contributed by atoms with Crippen LogP contribution >= 0.6 is 0 Å². The highest BCUT2D eigenvalue weighted by atomic mass is 19.1. The number of hydrogen-bond acceptors (Lipinski definition) is 4. The van der Waals surface area contributed by atoms with E-state index in [0.717, 1.165) is 5.56 Å². The number of rotatable bonds is 4. The molecule has 1 aromatic carbocycles. The summed E-state index contributed by atoms with van der Waals surface area (Å²) in [5, 5.41) is 0. The van der Waals surface area contributed by atoms with Crippen molar-refractivity contribution in [2.75, 3.05) is 17.2 Å². The van der Waals surface area contributed by atoms with E-state index in [-0.39, 0.29) is 5.82 Å². The molecule has 1 aromatic heterocycles. The summed E-state index contributed by atoms with van der Waals surface area (Å²) in [7, 11) is 0. The van der Waals surface area contributed by atoms with E-state index < -0.39 is 0 Å². The van der Waals surface area contributed by atoms with E-state index >= 15 is 0 Å². The molecule has 2 aromatic rings. The van der Waals surface area contributed by atoms with Gasteiger partial charge in [0.25, 0.3) is 0 Å². The minimum Gasteiger partial charge on any atom is -0.383 e. The van der Waals surface area contributed by atoms with Gasteiger partial charge in [0.15, 0.2) is 0 Å². The molecule has 106 valence electrons. The standard InChI is InChI=1S/C15H19FN4/c1-4-13-18-14(17)10(3)15(19-13)20(5-2)12-9-7-6-8-11(12)16/h6-9H,4-5H2,1-3H3,(H2,17,18,19). The first kappa shape index (κ1) is 14.2. The smallest absolute Gasteiger partial charge is 0.146 e. The third-order valence-corrected chi connectivity index (χ3v) is 3.24. The van der Waals surface area contributed by atoms with Crippen LogP contribution in [0.15, 0.2) is 24.3 Å². The second-order valence-corrected chi connectivity index (χ2v) is 4.52. The maximum Gasteiger partial charge on any atom is 0.146 e. The highest BCUT2D eigenvalue weighted by molar-refractivity contribution is 5.66. The third-order valence-electron chi connectivity index (χ3n) is 3.24. The zero-order valence-electron chi connectivity index (χ0n) is 12.0. The lowest BCUT2D eigenvalue weighted by atomic mass is 10.2. The summed E-state index contributed by atoms with van der Waals surface area (Å²) in [6, 6.07) is 6.66. The van der Waals surface area contributed by atoms with Crippen molar-refractivity contribution in [2.45, 2.75) is 27.2 Å². The van der Waals surface area contributed by atoms with E-state index in [4.69, 9.17) is 5.73 Å². The SMILES string of the molecule is CCc1nc(N)c(C)c(N(CC)c2ccccc2F)n1. The molecule has 0 atom stereocenters. The first-order chi connectivity index (χ1) is 9.58. The van der Waals surface area contributed by atoms with Gasteiger partial charge in [-0.05, 0) is 26.0 Å². The Hall–Kier alpha value is -2.17. The molecule has 0 radical (unpaired) electrons. The summed E-state index contributed by atoms with van der Waals surface area (Å²) in [5.41, 5.74) is 7.20. The highest BCUT2D eigenvalue weighted by Gasteiger charge is 2.17. The van der Waals surface area contributed by atoms with Crippen LogP contribution in [0.4, 0.5) is 21.7 Å². The van der Waals surface area contributed by atoms with Gasteiger partial charge in [0.1, 0.15) is 23.3 Å². The fourth-order valence-corrected chi connectivity index (χ4v) is 2.09. The molecule has 0 unspecified atom stereocenters. The minimum absolute atomic E-state index is 0.274. The van der Waals surface area contributed by atoms with E-state index in [0.29, 0.717) is 36.1 Å². The summed E-state index contributed by atoms with van der Waals surface area (Å²) >= 11 is 0. The van der Waals surface area contributed by atoms with Crippen LogP contribution in [0, 0.1) is 12.7 Å². The van der Waals surface area contributed by atoms with Gasteiger partial charge in [0.05, 0.1) is 5.69 Å². The van der Waals surface area contributed by atoms with Crippen molar-refractivity contribution < 1.29 is 4.39 Å². The predicted octanol–water partition coefficient (Wildman–Crippen LogP) is 3.23. The number of hydrogen-bond donors (Lipinski definition) is 1. The fourth-order valence-electron chi connectivity index (χ4n) is 2.09. The molecule has 0 saturated carbocycles. The zero-order valence-corrected chi connectivity index (χ0v) is 12.0. The predicted molar refractivity (Wildman–Crippen MR) is 79.6 cm³/mol. The molecule has 1 heterocycles. The van der Waals surface area contributed by atoms with Crippen LogP contribution in [-0.2, 0) is 6.42 Å². The Labute approximate surface area is 118 Å². The monoisotopic (exact) mass is 274 g/mol. The molecule has 0 fully saturated rings. The summed E-state index contributed by atoms with van der Waals surface area (Å²) in [5.74, 6) is 1.51. The van der Waals surface area contributed by atoms with Crippen LogP contribution in [-0.4, -0.2) is 16.5 Å². The molecule has 20 heavy (non-hydrogen) atoms. The molecule has 0 amide bonds. The van der Waals surface area contributed by atoms with Gasteiger partial charge in [-0.3, -0.25) is 0 Å². The lowest BCUT2D eigenvalue weighted by Gasteiger charge is -2.25. The number of halogens is 1. The van der Waals surface area contributed by atoms with Crippen molar-refractivity contribution in [3.8, 4) is 0 Å². The average molecular weight is 274 g/mol. The number of para-hydroxylation sites is 1. The normalized spacial score (nSPS) is 10.6. The molecule has 2 rings (SSSR count). The van der Waals surface area contributed by atoms with Crippen LogP contribution in [0.3, 0.4) is 0 Å². The van der Waals surface area contributed by atoms with E-state index in [1.54, 1.807) is 12.1 Å². The Morgan fingerprint density at radius 2 is 1.90 bits per heavy atom. The maximum atomic E-state index is 14.0. The molecule has 0 bridgehead atoms. The number of benzene rings is 1. The molecule has 4 nitrogen and oxygen atoms in total. The molecule has 0 spiro atoms. The van der Waals surface area contributed by atoms with Gasteiger partial charge >= 0.3 is 0 Å². The fraction of sp³-hybridized carbons (Fsp3) is 0.333. The second-order valence-electron chi connectivity index (χ2n) is 4.52. The molecule has 0 aliphatic heterocycles. The van der Waals surface area contributed by atoms with Gasteiger partial charge in [0, 0.05) is 18.5 Å². The number of anilines is 3. The number of aryl methyl sites for hydroxylation is 1. The first-order valence-electron chi connectivity index (χ1n) is 6.73. The lowest BCUT2D eigenvalue weighted by Crippen LogP contribution is -2.21. The molecule has 5 heteroatoms. The number of nitrogens with two attached hydrogens (primary N) is 1. The van der Waals surface area contributed by atoms with Crippen LogP contribution < -0.4 is 10.6 Å². The Morgan fingerprint density at radius 1 is 1.20 bits per heavy atom. The van der Waals surface area contributed by atoms with E-state index in [1.807, 2.05) is 31.7 Å². The largest absolute Gasteiger partial charge is 0.383 e. The molecule has 2 N–H and O–H groups in total. The number of aromatic nitrogens is 2. The Bertz CT molecular complexity index is 613. The van der Waals surface area contributed by atoms with Gasteiger partial charge in [-0.2, -0.15) is 0 Å². The molecule has 0 saturated heterocycles. The van der Waals surface area contributed by atoms with Gasteiger partial charge in [-0.25, -0.2) is 14.4 Å². The summed E-state index contributed by atoms with van der Waals surface area (Å²) in [4.78, 5) is 10.6. The number of nitrogen functional groups attached to an aromatic ring is 1. The summed E-state index contributed by atoms with van der Waals surface area (Å²) < 4.78 is 14.0. The molecule has 0 aliphatic carbocycles. The van der Waals surface area contributed by atoms with Crippen LogP contribution in [0.25, 0.3) is 0 Å². The first-order valence-corrected chi connectivity index (χ1v) is 6.73. The topological polar surface area (TPSA) is 55.0 Å². The third kappa shape index (κ3) is 2.57. The van der Waals surface area contributed by atoms with Crippen molar-refractivity contribution >= 4 is 17.3 Å².